The molecule has 0 fully saturated rings. The van der Waals surface area contributed by atoms with Crippen molar-refractivity contribution in [1.29, 1.82) is 0 Å². The quantitative estimate of drug-likeness (QED) is 0.720. The van der Waals surface area contributed by atoms with Gasteiger partial charge in [0.2, 0.25) is 5.91 Å². The Bertz CT molecular complexity index is 396. The third-order valence-electron chi connectivity index (χ3n) is 2.64. The second-order valence-electron chi connectivity index (χ2n) is 4.68. The number of benzene rings is 1. The monoisotopic (exact) mass is 327 g/mol. The van der Waals surface area contributed by atoms with E-state index in [1.165, 1.54) is 0 Å². The minimum absolute atomic E-state index is 0.0343. The van der Waals surface area contributed by atoms with Gasteiger partial charge in [0.1, 0.15) is 0 Å². The number of halogens is 1. The van der Waals surface area contributed by atoms with E-state index in [0.29, 0.717) is 13.0 Å². The molecule has 19 heavy (non-hydrogen) atoms. The van der Waals surface area contributed by atoms with Crippen LogP contribution in [-0.4, -0.2) is 44.5 Å². The van der Waals surface area contributed by atoms with Gasteiger partial charge in [-0.1, -0.05) is 12.1 Å². The SMILES string of the molecule is CN(C)CCCNCCC(=O)Nc1ccccc1Br. The lowest BCUT2D eigenvalue weighted by atomic mass is 10.3. The Hall–Kier alpha value is -0.910. The van der Waals surface area contributed by atoms with Crippen molar-refractivity contribution < 1.29 is 4.79 Å². The molecule has 0 aliphatic rings. The number of amides is 1. The fraction of sp³-hybridized carbons (Fsp3) is 0.500. The van der Waals surface area contributed by atoms with Crippen molar-refractivity contribution in [3.63, 3.8) is 0 Å². The number of carbonyl (C=O) groups excluding carboxylic acids is 1. The first-order valence-electron chi connectivity index (χ1n) is 6.49. The van der Waals surface area contributed by atoms with Crippen LogP contribution in [0.2, 0.25) is 0 Å². The van der Waals surface area contributed by atoms with E-state index in [9.17, 15) is 4.79 Å². The summed E-state index contributed by atoms with van der Waals surface area (Å²) in [4.78, 5) is 13.9. The summed E-state index contributed by atoms with van der Waals surface area (Å²) in [6.45, 7) is 2.72. The largest absolute Gasteiger partial charge is 0.325 e. The lowest BCUT2D eigenvalue weighted by molar-refractivity contribution is -0.116. The van der Waals surface area contributed by atoms with E-state index in [2.05, 4.69) is 45.6 Å². The van der Waals surface area contributed by atoms with E-state index in [1.54, 1.807) is 0 Å². The number of para-hydroxylation sites is 1. The molecule has 1 rings (SSSR count). The molecule has 1 aromatic rings. The van der Waals surface area contributed by atoms with E-state index < -0.39 is 0 Å². The van der Waals surface area contributed by atoms with E-state index >= 15 is 0 Å². The van der Waals surface area contributed by atoms with Gasteiger partial charge in [-0.25, -0.2) is 0 Å². The van der Waals surface area contributed by atoms with Gasteiger partial charge in [-0.15, -0.1) is 0 Å². The molecule has 1 aromatic carbocycles. The minimum atomic E-state index is 0.0343. The van der Waals surface area contributed by atoms with Crippen molar-refractivity contribution >= 4 is 27.5 Å². The highest BCUT2D eigenvalue weighted by atomic mass is 79.9. The Labute approximate surface area is 123 Å². The van der Waals surface area contributed by atoms with E-state index in [0.717, 1.165) is 29.7 Å². The molecule has 0 bridgehead atoms. The van der Waals surface area contributed by atoms with Crippen LogP contribution in [0.4, 0.5) is 5.69 Å². The zero-order chi connectivity index (χ0) is 14.1. The molecular weight excluding hydrogens is 306 g/mol. The summed E-state index contributed by atoms with van der Waals surface area (Å²) in [5, 5.41) is 6.16. The van der Waals surface area contributed by atoms with Crippen LogP contribution in [0.5, 0.6) is 0 Å². The van der Waals surface area contributed by atoms with Crippen molar-refractivity contribution in [3.05, 3.63) is 28.7 Å². The maximum Gasteiger partial charge on any atom is 0.225 e. The molecule has 0 aromatic heterocycles. The number of hydrogen-bond donors (Lipinski definition) is 2. The summed E-state index contributed by atoms with van der Waals surface area (Å²) < 4.78 is 0.905. The smallest absolute Gasteiger partial charge is 0.225 e. The van der Waals surface area contributed by atoms with E-state index in [-0.39, 0.29) is 5.91 Å². The number of carbonyl (C=O) groups is 1. The highest BCUT2D eigenvalue weighted by Gasteiger charge is 2.04. The predicted octanol–water partition coefficient (Wildman–Crippen LogP) is 2.32. The average molecular weight is 328 g/mol. The fourth-order valence-electron chi connectivity index (χ4n) is 1.62. The van der Waals surface area contributed by atoms with Gasteiger partial charge in [-0.3, -0.25) is 4.79 Å². The summed E-state index contributed by atoms with van der Waals surface area (Å²) in [5.41, 5.74) is 0.820. The van der Waals surface area contributed by atoms with Gasteiger partial charge in [0.25, 0.3) is 0 Å². The van der Waals surface area contributed by atoms with Gasteiger partial charge in [-0.2, -0.15) is 0 Å². The molecule has 0 aliphatic carbocycles. The van der Waals surface area contributed by atoms with E-state index in [4.69, 9.17) is 0 Å². The van der Waals surface area contributed by atoms with Crippen LogP contribution in [0.1, 0.15) is 12.8 Å². The van der Waals surface area contributed by atoms with Crippen LogP contribution in [0, 0.1) is 0 Å². The Kier molecular flexibility index (Phi) is 7.70. The number of nitrogens with zero attached hydrogens (tertiary/aromatic N) is 1. The molecule has 0 saturated carbocycles. The van der Waals surface area contributed by atoms with Crippen molar-refractivity contribution in [3.8, 4) is 0 Å². The lowest BCUT2D eigenvalue weighted by Gasteiger charge is -2.10. The van der Waals surface area contributed by atoms with Gasteiger partial charge in [0.05, 0.1) is 5.69 Å². The molecule has 2 N–H and O–H groups in total. The summed E-state index contributed by atoms with van der Waals surface area (Å²) in [7, 11) is 4.12. The molecule has 0 heterocycles. The summed E-state index contributed by atoms with van der Waals surface area (Å²) in [6.07, 6.45) is 1.59. The molecule has 1 amide bonds. The zero-order valence-electron chi connectivity index (χ0n) is 11.6. The Morgan fingerprint density at radius 2 is 2.00 bits per heavy atom. The molecule has 0 spiro atoms. The molecule has 0 saturated heterocycles. The second kappa shape index (κ2) is 9.07. The molecule has 4 nitrogen and oxygen atoms in total. The minimum Gasteiger partial charge on any atom is -0.325 e. The van der Waals surface area contributed by atoms with Crippen LogP contribution in [0.25, 0.3) is 0 Å². The first kappa shape index (κ1) is 16.1. The summed E-state index contributed by atoms with van der Waals surface area (Å²) >= 11 is 3.41. The van der Waals surface area contributed by atoms with Crippen molar-refractivity contribution in [2.24, 2.45) is 0 Å². The Morgan fingerprint density at radius 1 is 1.26 bits per heavy atom. The fourth-order valence-corrected chi connectivity index (χ4v) is 2.01. The lowest BCUT2D eigenvalue weighted by Crippen LogP contribution is -2.25. The zero-order valence-corrected chi connectivity index (χ0v) is 13.2. The average Bonchev–Trinajstić information content (AvgIpc) is 2.36. The van der Waals surface area contributed by atoms with Crippen molar-refractivity contribution in [2.75, 3.05) is 39.0 Å². The maximum atomic E-state index is 11.7. The van der Waals surface area contributed by atoms with Crippen LogP contribution < -0.4 is 10.6 Å². The van der Waals surface area contributed by atoms with Gasteiger partial charge in [0.15, 0.2) is 0 Å². The van der Waals surface area contributed by atoms with Gasteiger partial charge >= 0.3 is 0 Å². The van der Waals surface area contributed by atoms with Gasteiger partial charge in [-0.05, 0) is 61.7 Å². The maximum absolute atomic E-state index is 11.7. The first-order valence-corrected chi connectivity index (χ1v) is 7.28. The third kappa shape index (κ3) is 7.30. The number of nitrogens with one attached hydrogen (secondary N) is 2. The highest BCUT2D eigenvalue weighted by molar-refractivity contribution is 9.10. The molecule has 0 unspecified atom stereocenters. The standard InChI is InChI=1S/C14H22BrN3O/c1-18(2)11-5-9-16-10-8-14(19)17-13-7-4-3-6-12(13)15/h3-4,6-7,16H,5,8-11H2,1-2H3,(H,17,19). The predicted molar refractivity (Wildman–Crippen MR) is 83.4 cm³/mol. The second-order valence-corrected chi connectivity index (χ2v) is 5.54. The number of anilines is 1. The topological polar surface area (TPSA) is 44.4 Å². The van der Waals surface area contributed by atoms with Gasteiger partial charge < -0.3 is 15.5 Å². The number of hydrogen-bond acceptors (Lipinski definition) is 3. The van der Waals surface area contributed by atoms with Crippen LogP contribution in [0.15, 0.2) is 28.7 Å². The molecule has 0 atom stereocenters. The van der Waals surface area contributed by atoms with E-state index in [1.807, 2.05) is 24.3 Å². The summed E-state index contributed by atoms with van der Waals surface area (Å²) in [6, 6.07) is 7.62. The third-order valence-corrected chi connectivity index (χ3v) is 3.33. The van der Waals surface area contributed by atoms with Crippen LogP contribution in [0.3, 0.4) is 0 Å². The van der Waals surface area contributed by atoms with Crippen LogP contribution >= 0.6 is 15.9 Å². The Morgan fingerprint density at radius 3 is 2.68 bits per heavy atom. The Balaban J connectivity index is 2.13. The molecule has 0 radical (unpaired) electrons. The normalized spacial score (nSPS) is 10.7. The number of rotatable bonds is 8. The highest BCUT2D eigenvalue weighted by Crippen LogP contribution is 2.21. The molecule has 5 heteroatoms. The van der Waals surface area contributed by atoms with Crippen LogP contribution in [-0.2, 0) is 4.79 Å². The molecular formula is C14H22BrN3O. The van der Waals surface area contributed by atoms with Crippen molar-refractivity contribution in [1.82, 2.24) is 10.2 Å². The summed E-state index contributed by atoms with van der Waals surface area (Å²) in [5.74, 6) is 0.0343. The first-order chi connectivity index (χ1) is 9.09. The molecule has 0 aliphatic heterocycles. The van der Waals surface area contributed by atoms with Crippen molar-refractivity contribution in [2.45, 2.75) is 12.8 Å². The van der Waals surface area contributed by atoms with Gasteiger partial charge in [0, 0.05) is 17.4 Å². The molecule has 106 valence electrons.